The minimum atomic E-state index is -0.354. The van der Waals surface area contributed by atoms with E-state index in [1.54, 1.807) is 11.3 Å². The van der Waals surface area contributed by atoms with Crippen LogP contribution in [0.2, 0.25) is 5.02 Å². The number of pyridine rings is 1. The number of rotatable bonds is 1. The van der Waals surface area contributed by atoms with Gasteiger partial charge in [0.2, 0.25) is 0 Å². The summed E-state index contributed by atoms with van der Waals surface area (Å²) < 4.78 is 13.9. The molecular weight excluding hydrogens is 271 g/mol. The van der Waals surface area contributed by atoms with E-state index in [1.165, 1.54) is 22.7 Å². The van der Waals surface area contributed by atoms with Crippen molar-refractivity contribution in [2.75, 3.05) is 11.4 Å². The molecule has 18 heavy (non-hydrogen) atoms. The summed E-state index contributed by atoms with van der Waals surface area (Å²) in [6.45, 7) is 2.88. The maximum absolute atomic E-state index is 13.9. The summed E-state index contributed by atoms with van der Waals surface area (Å²) in [4.78, 5) is 7.53. The van der Waals surface area contributed by atoms with Crippen LogP contribution in [0, 0.1) is 5.82 Å². The number of anilines is 1. The van der Waals surface area contributed by atoms with Crippen LogP contribution in [0.15, 0.2) is 23.7 Å². The Bertz CT molecular complexity index is 584. The van der Waals surface area contributed by atoms with Crippen molar-refractivity contribution < 1.29 is 4.39 Å². The third-order valence-electron chi connectivity index (χ3n) is 3.34. The van der Waals surface area contributed by atoms with Crippen LogP contribution in [0.4, 0.5) is 10.2 Å². The van der Waals surface area contributed by atoms with Crippen molar-refractivity contribution in [1.82, 2.24) is 4.98 Å². The molecule has 2 aromatic rings. The highest BCUT2D eigenvalue weighted by Gasteiger charge is 2.27. The first-order valence-electron chi connectivity index (χ1n) is 5.81. The Labute approximate surface area is 114 Å². The first kappa shape index (κ1) is 11.9. The minimum absolute atomic E-state index is 0.156. The number of fused-ring (bicyclic) bond motifs is 1. The number of hydrogen-bond donors (Lipinski definition) is 0. The molecule has 1 aliphatic heterocycles. The zero-order chi connectivity index (χ0) is 12.7. The normalized spacial score (nSPS) is 18.8. The van der Waals surface area contributed by atoms with Crippen LogP contribution < -0.4 is 4.90 Å². The predicted octanol–water partition coefficient (Wildman–Crippen LogP) is 4.06. The van der Waals surface area contributed by atoms with Crippen molar-refractivity contribution in [2.45, 2.75) is 19.4 Å². The van der Waals surface area contributed by atoms with E-state index in [0.717, 1.165) is 13.0 Å². The van der Waals surface area contributed by atoms with Crippen LogP contribution in [0.25, 0.3) is 0 Å². The zero-order valence-corrected chi connectivity index (χ0v) is 11.4. The van der Waals surface area contributed by atoms with Crippen LogP contribution in [-0.4, -0.2) is 11.5 Å². The lowest BCUT2D eigenvalue weighted by molar-refractivity contribution is 0.572. The van der Waals surface area contributed by atoms with Crippen LogP contribution >= 0.6 is 22.9 Å². The summed E-state index contributed by atoms with van der Waals surface area (Å²) in [5, 5.41) is 2.42. The lowest BCUT2D eigenvalue weighted by atomic mass is 10.0. The summed E-state index contributed by atoms with van der Waals surface area (Å²) in [5.74, 6) is 0.0387. The van der Waals surface area contributed by atoms with Crippen molar-refractivity contribution in [1.29, 1.82) is 0 Å². The standard InChI is InChI=1S/C13H12ClFN2S/c1-8-10-3-5-18-12(10)2-4-17(8)13-11(15)6-9(14)7-16-13/h3,5-8H,2,4H2,1H3. The highest BCUT2D eigenvalue weighted by atomic mass is 35.5. The number of aromatic nitrogens is 1. The first-order chi connectivity index (χ1) is 8.66. The molecular formula is C13H12ClFN2S. The Hall–Kier alpha value is -1.13. The smallest absolute Gasteiger partial charge is 0.167 e. The average molecular weight is 283 g/mol. The van der Waals surface area contributed by atoms with Crippen LogP contribution in [0.1, 0.15) is 23.4 Å². The van der Waals surface area contributed by atoms with E-state index >= 15 is 0 Å². The van der Waals surface area contributed by atoms with Crippen molar-refractivity contribution in [3.8, 4) is 0 Å². The predicted molar refractivity (Wildman–Crippen MR) is 73.0 cm³/mol. The number of thiophene rings is 1. The van der Waals surface area contributed by atoms with E-state index in [4.69, 9.17) is 11.6 Å². The van der Waals surface area contributed by atoms with Crippen LogP contribution in [-0.2, 0) is 6.42 Å². The van der Waals surface area contributed by atoms with Crippen molar-refractivity contribution >= 4 is 28.8 Å². The Morgan fingerprint density at radius 3 is 3.17 bits per heavy atom. The van der Waals surface area contributed by atoms with Gasteiger partial charge in [0.25, 0.3) is 0 Å². The lowest BCUT2D eigenvalue weighted by Gasteiger charge is -2.34. The second-order valence-corrected chi connectivity index (χ2v) is 5.81. The first-order valence-corrected chi connectivity index (χ1v) is 7.06. The van der Waals surface area contributed by atoms with Crippen molar-refractivity contribution in [3.63, 3.8) is 0 Å². The fraction of sp³-hybridized carbons (Fsp3) is 0.308. The molecule has 3 rings (SSSR count). The molecule has 0 spiro atoms. The molecule has 2 nitrogen and oxygen atoms in total. The summed E-state index contributed by atoms with van der Waals surface area (Å²) in [7, 11) is 0. The highest BCUT2D eigenvalue weighted by Crippen LogP contribution is 2.36. The minimum Gasteiger partial charge on any atom is -0.347 e. The fourth-order valence-corrected chi connectivity index (χ4v) is 3.52. The third kappa shape index (κ3) is 1.89. The molecule has 0 aliphatic carbocycles. The van der Waals surface area contributed by atoms with Gasteiger partial charge in [-0.05, 0) is 36.4 Å². The largest absolute Gasteiger partial charge is 0.347 e. The van der Waals surface area contributed by atoms with E-state index in [0.29, 0.717) is 10.8 Å². The zero-order valence-electron chi connectivity index (χ0n) is 9.86. The summed E-state index contributed by atoms with van der Waals surface area (Å²) in [6, 6.07) is 3.59. The van der Waals surface area contributed by atoms with Gasteiger partial charge < -0.3 is 4.90 Å². The molecule has 2 aromatic heterocycles. The van der Waals surface area contributed by atoms with Gasteiger partial charge in [-0.1, -0.05) is 11.6 Å². The molecule has 0 fully saturated rings. The van der Waals surface area contributed by atoms with E-state index in [9.17, 15) is 4.39 Å². The Kier molecular flexibility index (Phi) is 2.99. The molecule has 3 heterocycles. The molecule has 5 heteroatoms. The van der Waals surface area contributed by atoms with Gasteiger partial charge in [0.15, 0.2) is 11.6 Å². The maximum atomic E-state index is 13.9. The monoisotopic (exact) mass is 282 g/mol. The topological polar surface area (TPSA) is 16.1 Å². The van der Waals surface area contributed by atoms with E-state index in [-0.39, 0.29) is 11.9 Å². The molecule has 1 aliphatic rings. The van der Waals surface area contributed by atoms with Crippen LogP contribution in [0.5, 0.6) is 0 Å². The fourth-order valence-electron chi connectivity index (χ4n) is 2.42. The van der Waals surface area contributed by atoms with Gasteiger partial charge >= 0.3 is 0 Å². The molecule has 0 aromatic carbocycles. The maximum Gasteiger partial charge on any atom is 0.167 e. The molecule has 0 amide bonds. The van der Waals surface area contributed by atoms with E-state index in [1.807, 2.05) is 4.90 Å². The van der Waals surface area contributed by atoms with Gasteiger partial charge in [-0.15, -0.1) is 11.3 Å². The number of halogens is 2. The SMILES string of the molecule is CC1c2ccsc2CCN1c1ncc(Cl)cc1F. The molecule has 0 bridgehead atoms. The Morgan fingerprint density at radius 2 is 2.39 bits per heavy atom. The second kappa shape index (κ2) is 4.52. The average Bonchev–Trinajstić information content (AvgIpc) is 2.80. The van der Waals surface area contributed by atoms with Crippen molar-refractivity contribution in [3.05, 3.63) is 45.0 Å². The van der Waals surface area contributed by atoms with Gasteiger partial charge in [-0.3, -0.25) is 0 Å². The van der Waals surface area contributed by atoms with Gasteiger partial charge in [-0.25, -0.2) is 9.37 Å². The molecule has 94 valence electrons. The van der Waals surface area contributed by atoms with Crippen LogP contribution in [0.3, 0.4) is 0 Å². The third-order valence-corrected chi connectivity index (χ3v) is 4.54. The quantitative estimate of drug-likeness (QED) is 0.784. The molecule has 0 saturated heterocycles. The van der Waals surface area contributed by atoms with Gasteiger partial charge in [-0.2, -0.15) is 0 Å². The highest BCUT2D eigenvalue weighted by molar-refractivity contribution is 7.10. The Balaban J connectivity index is 1.99. The molecule has 0 N–H and O–H groups in total. The van der Waals surface area contributed by atoms with E-state index in [2.05, 4.69) is 23.4 Å². The molecule has 1 atom stereocenters. The number of nitrogens with zero attached hydrogens (tertiary/aromatic N) is 2. The van der Waals surface area contributed by atoms with Gasteiger partial charge in [0.05, 0.1) is 11.1 Å². The summed E-state index contributed by atoms with van der Waals surface area (Å²) in [6.07, 6.45) is 2.44. The summed E-state index contributed by atoms with van der Waals surface area (Å²) in [5.41, 5.74) is 1.28. The Morgan fingerprint density at radius 1 is 1.56 bits per heavy atom. The molecule has 1 unspecified atom stereocenters. The number of hydrogen-bond acceptors (Lipinski definition) is 3. The lowest BCUT2D eigenvalue weighted by Crippen LogP contribution is -2.34. The van der Waals surface area contributed by atoms with Crippen molar-refractivity contribution in [2.24, 2.45) is 0 Å². The molecule has 0 saturated carbocycles. The summed E-state index contributed by atoms with van der Waals surface area (Å²) >= 11 is 7.51. The van der Waals surface area contributed by atoms with Gasteiger partial charge in [0.1, 0.15) is 0 Å². The van der Waals surface area contributed by atoms with E-state index < -0.39 is 0 Å². The molecule has 0 radical (unpaired) electrons. The van der Waals surface area contributed by atoms with Gasteiger partial charge in [0, 0.05) is 17.6 Å². The second-order valence-electron chi connectivity index (χ2n) is 4.38.